The minimum atomic E-state index is 0.488. The number of aliphatic imine (C=N–C) groups is 1. The molecule has 0 aliphatic heterocycles. The summed E-state index contributed by atoms with van der Waals surface area (Å²) in [5.74, 6) is 1.00. The van der Waals surface area contributed by atoms with E-state index in [2.05, 4.69) is 42.7 Å². The first-order valence-corrected chi connectivity index (χ1v) is 9.89. The molecule has 0 aromatic heterocycles. The van der Waals surface area contributed by atoms with Gasteiger partial charge in [0.2, 0.25) is 0 Å². The third-order valence-electron chi connectivity index (χ3n) is 5.48. The van der Waals surface area contributed by atoms with Crippen LogP contribution in [0, 0.1) is 13.8 Å². The van der Waals surface area contributed by atoms with Gasteiger partial charge in [-0.1, -0.05) is 50.7 Å². The van der Waals surface area contributed by atoms with Crippen LogP contribution in [0.25, 0.3) is 0 Å². The molecule has 0 spiro atoms. The van der Waals surface area contributed by atoms with Crippen LogP contribution in [-0.2, 0) is 0 Å². The van der Waals surface area contributed by atoms with Crippen LogP contribution in [0.3, 0.4) is 0 Å². The first-order chi connectivity index (χ1) is 11.7. The summed E-state index contributed by atoms with van der Waals surface area (Å²) in [6.07, 6.45) is 13.1. The maximum Gasteiger partial charge on any atom is 0.196 e. The molecule has 2 aliphatic rings. The third-order valence-corrected chi connectivity index (χ3v) is 5.48. The van der Waals surface area contributed by atoms with Gasteiger partial charge in [0.25, 0.3) is 0 Å². The molecule has 132 valence electrons. The van der Waals surface area contributed by atoms with Crippen molar-refractivity contribution in [2.24, 2.45) is 4.99 Å². The molecule has 1 aromatic rings. The molecule has 0 unspecified atom stereocenters. The Labute approximate surface area is 147 Å². The van der Waals surface area contributed by atoms with Crippen LogP contribution in [0.5, 0.6) is 0 Å². The van der Waals surface area contributed by atoms with Crippen LogP contribution in [0.2, 0.25) is 0 Å². The zero-order valence-corrected chi connectivity index (χ0v) is 15.4. The summed E-state index contributed by atoms with van der Waals surface area (Å²) in [5.41, 5.74) is 3.76. The Bertz CT molecular complexity index is 552. The van der Waals surface area contributed by atoms with Crippen molar-refractivity contribution >= 4 is 11.6 Å². The molecule has 0 bridgehead atoms. The van der Waals surface area contributed by atoms with Gasteiger partial charge < -0.3 is 10.6 Å². The summed E-state index contributed by atoms with van der Waals surface area (Å²) in [4.78, 5) is 5.09. The van der Waals surface area contributed by atoms with Gasteiger partial charge in [0.15, 0.2) is 5.96 Å². The fraction of sp³-hybridized carbons (Fsp3) is 0.667. The highest BCUT2D eigenvalue weighted by Crippen LogP contribution is 2.22. The lowest BCUT2D eigenvalue weighted by atomic mass is 9.95. The number of nitrogens with one attached hydrogen (secondary N) is 2. The molecule has 3 heteroatoms. The van der Waals surface area contributed by atoms with Crippen LogP contribution in [0.4, 0.5) is 5.69 Å². The minimum Gasteiger partial charge on any atom is -0.353 e. The van der Waals surface area contributed by atoms with Gasteiger partial charge in [-0.15, -0.1) is 0 Å². The quantitative estimate of drug-likeness (QED) is 0.582. The van der Waals surface area contributed by atoms with Crippen LogP contribution >= 0.6 is 0 Å². The summed E-state index contributed by atoms with van der Waals surface area (Å²) < 4.78 is 0. The third kappa shape index (κ3) is 4.99. The molecule has 24 heavy (non-hydrogen) atoms. The second kappa shape index (κ2) is 8.55. The van der Waals surface area contributed by atoms with Gasteiger partial charge >= 0.3 is 0 Å². The Morgan fingerprint density at radius 1 is 0.917 bits per heavy atom. The van der Waals surface area contributed by atoms with E-state index in [1.165, 1.54) is 81.0 Å². The lowest BCUT2D eigenvalue weighted by Crippen LogP contribution is -2.41. The SMILES string of the molecule is Cc1ccc(C)c(NC(=NC2CCCCC2)NC2CCCCC2)c1. The molecular weight excluding hydrogens is 294 g/mol. The average Bonchev–Trinajstić information content (AvgIpc) is 2.60. The summed E-state index contributed by atoms with van der Waals surface area (Å²) in [6.45, 7) is 4.32. The molecule has 2 N–H and O–H groups in total. The van der Waals surface area contributed by atoms with Gasteiger partial charge in [0.05, 0.1) is 6.04 Å². The Kier molecular flexibility index (Phi) is 6.17. The number of hydrogen-bond donors (Lipinski definition) is 2. The first-order valence-electron chi connectivity index (χ1n) is 9.89. The normalized spacial score (nSPS) is 20.8. The average molecular weight is 328 g/mol. The van der Waals surface area contributed by atoms with Gasteiger partial charge in [-0.25, -0.2) is 4.99 Å². The first kappa shape index (κ1) is 17.3. The second-order valence-electron chi connectivity index (χ2n) is 7.69. The largest absolute Gasteiger partial charge is 0.353 e. The van der Waals surface area contributed by atoms with Crippen molar-refractivity contribution in [3.63, 3.8) is 0 Å². The van der Waals surface area contributed by atoms with Crippen LogP contribution in [0.15, 0.2) is 23.2 Å². The van der Waals surface area contributed by atoms with Crippen molar-refractivity contribution in [3.8, 4) is 0 Å². The van der Waals surface area contributed by atoms with E-state index in [-0.39, 0.29) is 0 Å². The molecule has 2 fully saturated rings. The topological polar surface area (TPSA) is 36.4 Å². The van der Waals surface area contributed by atoms with Gasteiger partial charge in [-0.2, -0.15) is 0 Å². The van der Waals surface area contributed by atoms with Gasteiger partial charge in [-0.05, 0) is 56.7 Å². The highest BCUT2D eigenvalue weighted by Gasteiger charge is 2.18. The number of guanidine groups is 1. The molecular formula is C21H33N3. The molecule has 1 aromatic carbocycles. The van der Waals surface area contributed by atoms with Crippen molar-refractivity contribution in [1.82, 2.24) is 5.32 Å². The molecule has 0 heterocycles. The summed E-state index contributed by atoms with van der Waals surface area (Å²) in [6, 6.07) is 7.67. The molecule has 0 saturated heterocycles. The number of benzene rings is 1. The van der Waals surface area contributed by atoms with E-state index >= 15 is 0 Å². The molecule has 2 aliphatic carbocycles. The smallest absolute Gasteiger partial charge is 0.196 e. The van der Waals surface area contributed by atoms with E-state index in [1.807, 2.05) is 0 Å². The van der Waals surface area contributed by atoms with E-state index < -0.39 is 0 Å². The Morgan fingerprint density at radius 2 is 1.58 bits per heavy atom. The Balaban J connectivity index is 1.74. The molecule has 3 rings (SSSR count). The molecule has 0 atom stereocenters. The summed E-state index contributed by atoms with van der Waals surface area (Å²) in [7, 11) is 0. The van der Waals surface area contributed by atoms with Gasteiger partial charge in [0.1, 0.15) is 0 Å². The monoisotopic (exact) mass is 327 g/mol. The van der Waals surface area contributed by atoms with E-state index in [9.17, 15) is 0 Å². The van der Waals surface area contributed by atoms with Crippen molar-refractivity contribution < 1.29 is 0 Å². The van der Waals surface area contributed by atoms with Crippen molar-refractivity contribution in [2.75, 3.05) is 5.32 Å². The van der Waals surface area contributed by atoms with E-state index in [0.717, 1.165) is 5.96 Å². The van der Waals surface area contributed by atoms with Crippen molar-refractivity contribution in [3.05, 3.63) is 29.3 Å². The number of anilines is 1. The van der Waals surface area contributed by atoms with E-state index in [0.29, 0.717) is 12.1 Å². The number of aryl methyl sites for hydroxylation is 2. The summed E-state index contributed by atoms with van der Waals surface area (Å²) in [5, 5.41) is 7.36. The van der Waals surface area contributed by atoms with Crippen molar-refractivity contribution in [2.45, 2.75) is 90.1 Å². The molecule has 2 saturated carbocycles. The second-order valence-corrected chi connectivity index (χ2v) is 7.69. The summed E-state index contributed by atoms with van der Waals surface area (Å²) >= 11 is 0. The highest BCUT2D eigenvalue weighted by atomic mass is 15.2. The van der Waals surface area contributed by atoms with Crippen LogP contribution in [-0.4, -0.2) is 18.0 Å². The fourth-order valence-corrected chi connectivity index (χ4v) is 3.94. The lowest BCUT2D eigenvalue weighted by molar-refractivity contribution is 0.408. The molecule has 0 amide bonds. The fourth-order valence-electron chi connectivity index (χ4n) is 3.94. The predicted octanol–water partition coefficient (Wildman–Crippen LogP) is 5.33. The van der Waals surface area contributed by atoms with Gasteiger partial charge in [-0.3, -0.25) is 0 Å². The highest BCUT2D eigenvalue weighted by molar-refractivity contribution is 5.94. The Hall–Kier alpha value is -1.51. The predicted molar refractivity (Wildman–Crippen MR) is 104 cm³/mol. The van der Waals surface area contributed by atoms with Crippen molar-refractivity contribution in [1.29, 1.82) is 0 Å². The van der Waals surface area contributed by atoms with E-state index in [1.54, 1.807) is 0 Å². The Morgan fingerprint density at radius 3 is 2.29 bits per heavy atom. The molecule has 0 radical (unpaired) electrons. The zero-order chi connectivity index (χ0) is 16.8. The van der Waals surface area contributed by atoms with Crippen LogP contribution < -0.4 is 10.6 Å². The maximum absolute atomic E-state index is 5.09. The minimum absolute atomic E-state index is 0.488. The standard InChI is InChI=1S/C21H33N3/c1-16-13-14-17(2)20(15-16)24-21(22-18-9-5-3-6-10-18)23-19-11-7-4-8-12-19/h13-15,18-19H,3-12H2,1-2H3,(H2,22,23,24). The zero-order valence-electron chi connectivity index (χ0n) is 15.4. The number of nitrogens with zero attached hydrogens (tertiary/aromatic N) is 1. The van der Waals surface area contributed by atoms with E-state index in [4.69, 9.17) is 4.99 Å². The van der Waals surface area contributed by atoms with Crippen LogP contribution in [0.1, 0.15) is 75.3 Å². The number of hydrogen-bond acceptors (Lipinski definition) is 1. The lowest BCUT2D eigenvalue weighted by Gasteiger charge is -2.27. The molecule has 3 nitrogen and oxygen atoms in total. The number of rotatable bonds is 3. The maximum atomic E-state index is 5.09. The van der Waals surface area contributed by atoms with Gasteiger partial charge in [0, 0.05) is 11.7 Å².